The van der Waals surface area contributed by atoms with E-state index in [2.05, 4.69) is 22.3 Å². The summed E-state index contributed by atoms with van der Waals surface area (Å²) in [5.74, 6) is 2.20. The van der Waals surface area contributed by atoms with Gasteiger partial charge in [-0.1, -0.05) is 36.4 Å². The van der Waals surface area contributed by atoms with Gasteiger partial charge in [0, 0.05) is 24.7 Å². The highest BCUT2D eigenvalue weighted by molar-refractivity contribution is 5.69. The van der Waals surface area contributed by atoms with Crippen LogP contribution in [-0.4, -0.2) is 43.4 Å². The lowest BCUT2D eigenvalue weighted by Gasteiger charge is -2.28. The summed E-state index contributed by atoms with van der Waals surface area (Å²) < 4.78 is 11.0. The van der Waals surface area contributed by atoms with Gasteiger partial charge in [0.1, 0.15) is 11.6 Å². The van der Waals surface area contributed by atoms with Gasteiger partial charge >= 0.3 is 0 Å². The molecule has 0 atom stereocenters. The van der Waals surface area contributed by atoms with E-state index in [1.165, 1.54) is 0 Å². The van der Waals surface area contributed by atoms with Gasteiger partial charge < -0.3 is 19.7 Å². The zero-order valence-corrected chi connectivity index (χ0v) is 16.2. The van der Waals surface area contributed by atoms with Crippen molar-refractivity contribution in [2.75, 3.05) is 43.6 Å². The van der Waals surface area contributed by atoms with Crippen molar-refractivity contribution in [2.45, 2.75) is 6.92 Å². The topological polar surface area (TPSA) is 59.5 Å². The van der Waals surface area contributed by atoms with Crippen molar-refractivity contribution in [3.63, 3.8) is 0 Å². The summed E-state index contributed by atoms with van der Waals surface area (Å²) in [7, 11) is 1.66. The number of benzene rings is 2. The van der Waals surface area contributed by atoms with Crippen LogP contribution >= 0.6 is 0 Å². The molecule has 144 valence electrons. The number of methoxy groups -OCH3 is 1. The van der Waals surface area contributed by atoms with E-state index >= 15 is 0 Å². The zero-order chi connectivity index (χ0) is 19.3. The first-order valence-electron chi connectivity index (χ1n) is 9.42. The molecule has 6 heteroatoms. The van der Waals surface area contributed by atoms with Gasteiger partial charge in [-0.05, 0) is 24.6 Å². The number of anilines is 3. The van der Waals surface area contributed by atoms with Gasteiger partial charge in [-0.2, -0.15) is 4.98 Å². The van der Waals surface area contributed by atoms with E-state index in [-0.39, 0.29) is 0 Å². The van der Waals surface area contributed by atoms with Crippen LogP contribution in [0.1, 0.15) is 5.56 Å². The molecule has 0 saturated carbocycles. The van der Waals surface area contributed by atoms with E-state index in [4.69, 9.17) is 19.4 Å². The molecule has 0 spiro atoms. The van der Waals surface area contributed by atoms with Crippen LogP contribution in [0.5, 0.6) is 5.75 Å². The van der Waals surface area contributed by atoms with Crippen LogP contribution in [0.3, 0.4) is 0 Å². The average molecular weight is 376 g/mol. The molecule has 0 amide bonds. The molecule has 1 saturated heterocycles. The number of morpholine rings is 1. The fourth-order valence-electron chi connectivity index (χ4n) is 3.24. The standard InChI is InChI=1S/C22H24N4O2/c1-16-8-9-20(27-2)19(14-16)24-22-23-18(17-6-4-3-5-7-17)15-21(25-22)26-10-12-28-13-11-26/h3-9,14-15H,10-13H2,1-2H3,(H,23,24,25). The summed E-state index contributed by atoms with van der Waals surface area (Å²) in [4.78, 5) is 11.8. The van der Waals surface area contributed by atoms with Crippen LogP contribution < -0.4 is 15.0 Å². The molecule has 0 radical (unpaired) electrons. The molecule has 1 aromatic heterocycles. The second-order valence-corrected chi connectivity index (χ2v) is 6.73. The van der Waals surface area contributed by atoms with Crippen LogP contribution in [0.4, 0.5) is 17.5 Å². The molecule has 0 unspecified atom stereocenters. The van der Waals surface area contributed by atoms with Crippen molar-refractivity contribution in [3.8, 4) is 17.0 Å². The molecule has 4 rings (SSSR count). The van der Waals surface area contributed by atoms with Gasteiger partial charge in [0.25, 0.3) is 0 Å². The average Bonchev–Trinajstić information content (AvgIpc) is 2.75. The maximum Gasteiger partial charge on any atom is 0.229 e. The molecule has 1 aliphatic rings. The van der Waals surface area contributed by atoms with Gasteiger partial charge in [0.05, 0.1) is 31.7 Å². The van der Waals surface area contributed by atoms with Crippen LogP contribution in [-0.2, 0) is 4.74 Å². The van der Waals surface area contributed by atoms with Gasteiger partial charge in [-0.25, -0.2) is 4.98 Å². The number of aromatic nitrogens is 2. The highest BCUT2D eigenvalue weighted by atomic mass is 16.5. The Labute approximate surface area is 165 Å². The molecule has 0 aliphatic carbocycles. The molecule has 28 heavy (non-hydrogen) atoms. The van der Waals surface area contributed by atoms with Gasteiger partial charge in [-0.3, -0.25) is 0 Å². The van der Waals surface area contributed by atoms with Crippen LogP contribution in [0, 0.1) is 6.92 Å². The van der Waals surface area contributed by atoms with E-state index in [9.17, 15) is 0 Å². The number of aryl methyl sites for hydroxylation is 1. The van der Waals surface area contributed by atoms with Gasteiger partial charge in [0.15, 0.2) is 0 Å². The summed E-state index contributed by atoms with van der Waals surface area (Å²) in [6, 6.07) is 18.2. The molecule has 0 bridgehead atoms. The molecule has 2 heterocycles. The van der Waals surface area contributed by atoms with Crippen molar-refractivity contribution in [2.24, 2.45) is 0 Å². The van der Waals surface area contributed by atoms with Crippen LogP contribution in [0.2, 0.25) is 0 Å². The van der Waals surface area contributed by atoms with Crippen LogP contribution in [0.15, 0.2) is 54.6 Å². The first-order chi connectivity index (χ1) is 13.7. The lowest BCUT2D eigenvalue weighted by molar-refractivity contribution is 0.122. The minimum absolute atomic E-state index is 0.548. The quantitative estimate of drug-likeness (QED) is 0.725. The van der Waals surface area contributed by atoms with Gasteiger partial charge in [-0.15, -0.1) is 0 Å². The second-order valence-electron chi connectivity index (χ2n) is 6.73. The lowest BCUT2D eigenvalue weighted by atomic mass is 10.1. The summed E-state index contributed by atoms with van der Waals surface area (Å²) in [5.41, 5.74) is 3.92. The van der Waals surface area contributed by atoms with E-state index in [0.717, 1.165) is 47.2 Å². The Morgan fingerprint density at radius 2 is 1.79 bits per heavy atom. The van der Waals surface area contributed by atoms with Crippen molar-refractivity contribution in [1.29, 1.82) is 0 Å². The summed E-state index contributed by atoms with van der Waals surface area (Å²) in [6.45, 7) is 5.10. The minimum atomic E-state index is 0.548. The summed E-state index contributed by atoms with van der Waals surface area (Å²) >= 11 is 0. The first kappa shape index (κ1) is 18.3. The van der Waals surface area contributed by atoms with Gasteiger partial charge in [0.2, 0.25) is 5.95 Å². The third-order valence-electron chi connectivity index (χ3n) is 4.72. The summed E-state index contributed by atoms with van der Waals surface area (Å²) in [6.07, 6.45) is 0. The van der Waals surface area contributed by atoms with E-state index in [0.29, 0.717) is 19.2 Å². The molecule has 1 aliphatic heterocycles. The molecule has 3 aromatic rings. The third-order valence-corrected chi connectivity index (χ3v) is 4.72. The zero-order valence-electron chi connectivity index (χ0n) is 16.2. The van der Waals surface area contributed by atoms with Crippen molar-refractivity contribution in [1.82, 2.24) is 9.97 Å². The first-order valence-corrected chi connectivity index (χ1v) is 9.42. The van der Waals surface area contributed by atoms with Crippen molar-refractivity contribution < 1.29 is 9.47 Å². The summed E-state index contributed by atoms with van der Waals surface area (Å²) in [5, 5.41) is 3.35. The Balaban J connectivity index is 1.74. The Morgan fingerprint density at radius 3 is 2.54 bits per heavy atom. The normalized spacial score (nSPS) is 14.0. The maximum atomic E-state index is 5.49. The van der Waals surface area contributed by atoms with E-state index in [1.54, 1.807) is 7.11 Å². The Hall–Kier alpha value is -3.12. The molecule has 1 N–H and O–H groups in total. The van der Waals surface area contributed by atoms with E-state index < -0.39 is 0 Å². The molecular weight excluding hydrogens is 352 g/mol. The fourth-order valence-corrected chi connectivity index (χ4v) is 3.24. The minimum Gasteiger partial charge on any atom is -0.495 e. The maximum absolute atomic E-state index is 5.49. The highest BCUT2D eigenvalue weighted by Crippen LogP contribution is 2.30. The van der Waals surface area contributed by atoms with Crippen LogP contribution in [0.25, 0.3) is 11.3 Å². The van der Waals surface area contributed by atoms with E-state index in [1.807, 2.05) is 49.4 Å². The third kappa shape index (κ3) is 4.07. The number of nitrogens with zero attached hydrogens (tertiary/aromatic N) is 3. The molecule has 1 fully saturated rings. The largest absolute Gasteiger partial charge is 0.495 e. The monoisotopic (exact) mass is 376 g/mol. The Bertz CT molecular complexity index is 941. The number of nitrogens with one attached hydrogen (secondary N) is 1. The number of ether oxygens (including phenoxy) is 2. The lowest BCUT2D eigenvalue weighted by Crippen LogP contribution is -2.36. The number of hydrogen-bond donors (Lipinski definition) is 1. The Morgan fingerprint density at radius 1 is 1.00 bits per heavy atom. The highest BCUT2D eigenvalue weighted by Gasteiger charge is 2.16. The van der Waals surface area contributed by atoms with Crippen molar-refractivity contribution in [3.05, 3.63) is 60.2 Å². The predicted octanol–water partition coefficient (Wildman–Crippen LogP) is 4.04. The number of rotatable bonds is 5. The molecule has 6 nitrogen and oxygen atoms in total. The molecular formula is C22H24N4O2. The predicted molar refractivity (Wildman–Crippen MR) is 112 cm³/mol. The number of hydrogen-bond acceptors (Lipinski definition) is 6. The fraction of sp³-hybridized carbons (Fsp3) is 0.273. The Kier molecular flexibility index (Phi) is 5.39. The molecule has 2 aromatic carbocycles. The smallest absolute Gasteiger partial charge is 0.229 e. The van der Waals surface area contributed by atoms with Crippen molar-refractivity contribution >= 4 is 17.5 Å². The second kappa shape index (κ2) is 8.27. The SMILES string of the molecule is COc1ccc(C)cc1Nc1nc(-c2ccccc2)cc(N2CCOCC2)n1.